The van der Waals surface area contributed by atoms with Gasteiger partial charge in [-0.15, -0.1) is 0 Å². The third-order valence-electron chi connectivity index (χ3n) is 2.68. The Morgan fingerprint density at radius 1 is 1.21 bits per heavy atom. The Labute approximate surface area is 86.0 Å². The van der Waals surface area contributed by atoms with Crippen LogP contribution in [0.15, 0.2) is 29.8 Å². The molecule has 0 amide bonds. The van der Waals surface area contributed by atoms with Crippen LogP contribution in [0.25, 0.3) is 5.57 Å². The molecule has 0 spiro atoms. The highest BCUT2D eigenvalue weighted by molar-refractivity contribution is 5.78. The van der Waals surface area contributed by atoms with Crippen LogP contribution in [-0.4, -0.2) is 6.21 Å². The van der Waals surface area contributed by atoms with Gasteiger partial charge in [-0.25, -0.2) is 0 Å². The summed E-state index contributed by atoms with van der Waals surface area (Å²) in [6.45, 7) is 6.49. The molecule has 1 aromatic rings. The van der Waals surface area contributed by atoms with Gasteiger partial charge in [-0.05, 0) is 37.0 Å². The first-order valence-electron chi connectivity index (χ1n) is 4.96. The minimum Gasteiger partial charge on any atom is -0.308 e. The zero-order valence-electron chi connectivity index (χ0n) is 9.09. The van der Waals surface area contributed by atoms with Crippen LogP contribution in [-0.2, 0) is 0 Å². The van der Waals surface area contributed by atoms with Gasteiger partial charge < -0.3 is 5.41 Å². The van der Waals surface area contributed by atoms with Gasteiger partial charge in [0, 0.05) is 6.21 Å². The monoisotopic (exact) mass is 187 g/mol. The van der Waals surface area contributed by atoms with Gasteiger partial charge in [-0.2, -0.15) is 0 Å². The molecule has 1 nitrogen and oxygen atoms in total. The largest absolute Gasteiger partial charge is 0.308 e. The maximum absolute atomic E-state index is 7.11. The van der Waals surface area contributed by atoms with Crippen LogP contribution in [0, 0.1) is 5.41 Å². The molecule has 1 N–H and O–H groups in total. The Morgan fingerprint density at radius 3 is 2.21 bits per heavy atom. The molecule has 0 bridgehead atoms. The zero-order chi connectivity index (χ0) is 10.6. The highest BCUT2D eigenvalue weighted by Gasteiger charge is 1.98. The summed E-state index contributed by atoms with van der Waals surface area (Å²) in [6.07, 6.45) is 2.47. The van der Waals surface area contributed by atoms with Crippen molar-refractivity contribution in [1.29, 1.82) is 5.41 Å². The van der Waals surface area contributed by atoms with E-state index in [-0.39, 0.29) is 0 Å². The lowest BCUT2D eigenvalue weighted by Gasteiger charge is -2.06. The number of hydrogen-bond donors (Lipinski definition) is 1. The first kappa shape index (κ1) is 10.7. The van der Waals surface area contributed by atoms with Crippen molar-refractivity contribution in [3.8, 4) is 0 Å². The fraction of sp³-hybridized carbons (Fsp3) is 0.308. The Bertz CT molecular complexity index is 344. The first-order chi connectivity index (χ1) is 6.69. The molecule has 14 heavy (non-hydrogen) atoms. The van der Waals surface area contributed by atoms with E-state index in [9.17, 15) is 0 Å². The lowest BCUT2D eigenvalue weighted by Crippen LogP contribution is -1.86. The van der Waals surface area contributed by atoms with Crippen LogP contribution in [0.1, 0.15) is 38.3 Å². The van der Waals surface area contributed by atoms with E-state index in [4.69, 9.17) is 5.41 Å². The molecule has 0 heterocycles. The van der Waals surface area contributed by atoms with E-state index in [0.29, 0.717) is 0 Å². The van der Waals surface area contributed by atoms with Crippen LogP contribution >= 0.6 is 0 Å². The van der Waals surface area contributed by atoms with E-state index < -0.39 is 0 Å². The van der Waals surface area contributed by atoms with E-state index >= 15 is 0 Å². The molecule has 0 aromatic heterocycles. The molecule has 0 atom stereocenters. The second-order valence-electron chi connectivity index (χ2n) is 3.53. The van der Waals surface area contributed by atoms with Crippen molar-refractivity contribution in [1.82, 2.24) is 0 Å². The molecule has 1 aromatic carbocycles. The quantitative estimate of drug-likeness (QED) is 0.694. The van der Waals surface area contributed by atoms with Gasteiger partial charge in [-0.3, -0.25) is 0 Å². The molecular weight excluding hydrogens is 170 g/mol. The normalized spacial score (nSPS) is 12.2. The van der Waals surface area contributed by atoms with Gasteiger partial charge in [0.05, 0.1) is 0 Å². The van der Waals surface area contributed by atoms with E-state index in [1.54, 1.807) is 0 Å². The van der Waals surface area contributed by atoms with Crippen molar-refractivity contribution in [2.75, 3.05) is 0 Å². The number of rotatable bonds is 3. The summed E-state index contributed by atoms with van der Waals surface area (Å²) < 4.78 is 0. The highest BCUT2D eigenvalue weighted by atomic mass is 14.3. The van der Waals surface area contributed by atoms with Crippen molar-refractivity contribution in [2.45, 2.75) is 27.2 Å². The van der Waals surface area contributed by atoms with Crippen molar-refractivity contribution in [3.05, 3.63) is 41.0 Å². The number of benzene rings is 1. The molecule has 0 saturated carbocycles. The summed E-state index contributed by atoms with van der Waals surface area (Å²) in [7, 11) is 0. The molecule has 1 heteroatoms. The van der Waals surface area contributed by atoms with Crippen LogP contribution in [0.4, 0.5) is 0 Å². The average molecular weight is 187 g/mol. The van der Waals surface area contributed by atoms with Crippen LogP contribution in [0.5, 0.6) is 0 Å². The van der Waals surface area contributed by atoms with E-state index in [1.165, 1.54) is 22.9 Å². The summed E-state index contributed by atoms with van der Waals surface area (Å²) in [5.41, 5.74) is 4.99. The second kappa shape index (κ2) is 4.75. The van der Waals surface area contributed by atoms with Crippen LogP contribution in [0.3, 0.4) is 0 Å². The summed E-state index contributed by atoms with van der Waals surface area (Å²) in [6, 6.07) is 8.12. The Balaban J connectivity index is 3.03. The average Bonchev–Trinajstić information content (AvgIpc) is 2.27. The van der Waals surface area contributed by atoms with E-state index in [1.807, 2.05) is 12.1 Å². The van der Waals surface area contributed by atoms with Gasteiger partial charge in [-0.1, -0.05) is 36.8 Å². The zero-order valence-corrected chi connectivity index (χ0v) is 9.09. The minimum atomic E-state index is 0.954. The van der Waals surface area contributed by atoms with Crippen LogP contribution in [0.2, 0.25) is 0 Å². The fourth-order valence-electron chi connectivity index (χ4n) is 1.34. The van der Waals surface area contributed by atoms with Gasteiger partial charge in [0.25, 0.3) is 0 Å². The van der Waals surface area contributed by atoms with Gasteiger partial charge >= 0.3 is 0 Å². The van der Waals surface area contributed by atoms with E-state index in [0.717, 1.165) is 12.0 Å². The maximum atomic E-state index is 7.11. The molecule has 0 unspecified atom stereocenters. The smallest absolute Gasteiger partial charge is 0.0250 e. The maximum Gasteiger partial charge on any atom is 0.0250 e. The second-order valence-corrected chi connectivity index (χ2v) is 3.53. The lowest BCUT2D eigenvalue weighted by molar-refractivity contribution is 1.10. The topological polar surface area (TPSA) is 23.9 Å². The third kappa shape index (κ3) is 2.32. The SMILES string of the molecule is CCC(C)=C(C)c1ccc(C=N)cc1. The Hall–Kier alpha value is -1.37. The van der Waals surface area contributed by atoms with Crippen LogP contribution < -0.4 is 0 Å². The number of hydrogen-bond acceptors (Lipinski definition) is 1. The highest BCUT2D eigenvalue weighted by Crippen LogP contribution is 2.19. The molecule has 0 saturated heterocycles. The molecule has 0 aliphatic carbocycles. The van der Waals surface area contributed by atoms with Crippen molar-refractivity contribution in [3.63, 3.8) is 0 Å². The molecule has 1 rings (SSSR count). The molecule has 0 fully saturated rings. The minimum absolute atomic E-state index is 0.954. The number of nitrogens with one attached hydrogen (secondary N) is 1. The van der Waals surface area contributed by atoms with Crippen molar-refractivity contribution >= 4 is 11.8 Å². The number of allylic oxidation sites excluding steroid dienone is 2. The predicted octanol–water partition coefficient (Wildman–Crippen LogP) is 3.89. The summed E-state index contributed by atoms with van der Waals surface area (Å²) in [5, 5.41) is 7.11. The molecular formula is C13H17N. The standard InChI is InChI=1S/C13H17N/c1-4-10(2)11(3)13-7-5-12(9-14)6-8-13/h5-9,14H,4H2,1-3H3. The first-order valence-corrected chi connectivity index (χ1v) is 4.96. The summed E-state index contributed by atoms with van der Waals surface area (Å²) in [4.78, 5) is 0. The van der Waals surface area contributed by atoms with Crippen molar-refractivity contribution < 1.29 is 0 Å². The van der Waals surface area contributed by atoms with Gasteiger partial charge in [0.15, 0.2) is 0 Å². The Morgan fingerprint density at radius 2 is 1.79 bits per heavy atom. The molecule has 0 aliphatic heterocycles. The summed E-state index contributed by atoms with van der Waals surface area (Å²) in [5.74, 6) is 0. The third-order valence-corrected chi connectivity index (χ3v) is 2.68. The molecule has 74 valence electrons. The molecule has 0 aliphatic rings. The van der Waals surface area contributed by atoms with Crippen molar-refractivity contribution in [2.24, 2.45) is 0 Å². The predicted molar refractivity (Wildman–Crippen MR) is 62.9 cm³/mol. The fourth-order valence-corrected chi connectivity index (χ4v) is 1.34. The molecule has 0 radical (unpaired) electrons. The van der Waals surface area contributed by atoms with Gasteiger partial charge in [0.2, 0.25) is 0 Å². The lowest BCUT2D eigenvalue weighted by atomic mass is 10.00. The Kier molecular flexibility index (Phi) is 3.63. The summed E-state index contributed by atoms with van der Waals surface area (Å²) >= 11 is 0. The van der Waals surface area contributed by atoms with Gasteiger partial charge in [0.1, 0.15) is 0 Å². The van der Waals surface area contributed by atoms with E-state index in [2.05, 4.69) is 32.9 Å².